The Labute approximate surface area is 230 Å². The highest BCUT2D eigenvalue weighted by molar-refractivity contribution is 5.71. The first-order valence-corrected chi connectivity index (χ1v) is 15.9. The van der Waals surface area contributed by atoms with E-state index in [1.807, 2.05) is 21.1 Å². The number of likely N-dealkylation sites (N-methyl/N-ethyl adjacent to an activating group) is 1. The highest BCUT2D eigenvalue weighted by Crippen LogP contribution is 2.19. The van der Waals surface area contributed by atoms with Crippen LogP contribution >= 0.6 is 0 Å². The summed E-state index contributed by atoms with van der Waals surface area (Å²) in [6.07, 6.45) is 26.4. The van der Waals surface area contributed by atoms with Crippen molar-refractivity contribution in [1.82, 2.24) is 0 Å². The number of aliphatic carboxylic acids is 1. The van der Waals surface area contributed by atoms with Gasteiger partial charge < -0.3 is 14.3 Å². The molecule has 0 radical (unpaired) electrons. The van der Waals surface area contributed by atoms with E-state index >= 15 is 0 Å². The van der Waals surface area contributed by atoms with E-state index in [1.54, 1.807) is 0 Å². The zero-order valence-electron chi connectivity index (χ0n) is 25.5. The maximum Gasteiger partial charge on any atom is 0.307 e. The van der Waals surface area contributed by atoms with E-state index in [0.29, 0.717) is 17.4 Å². The van der Waals surface area contributed by atoms with Crippen molar-refractivity contribution in [1.29, 1.82) is 0 Å². The van der Waals surface area contributed by atoms with Gasteiger partial charge in [-0.3, -0.25) is 9.59 Å². The van der Waals surface area contributed by atoms with Crippen LogP contribution in [0.15, 0.2) is 0 Å². The maximum atomic E-state index is 12.1. The molecule has 5 nitrogen and oxygen atoms in total. The van der Waals surface area contributed by atoms with Gasteiger partial charge in [0, 0.05) is 6.42 Å². The third kappa shape index (κ3) is 27.7. The zero-order chi connectivity index (χ0) is 27.8. The lowest BCUT2D eigenvalue weighted by molar-refractivity contribution is -0.873. The van der Waals surface area contributed by atoms with Crippen molar-refractivity contribution in [2.45, 2.75) is 161 Å². The third-order valence-electron chi connectivity index (χ3n) is 7.33. The highest BCUT2D eigenvalue weighted by Gasteiger charge is 2.24. The number of rotatable bonds is 27. The van der Waals surface area contributed by atoms with E-state index in [-0.39, 0.29) is 12.4 Å². The summed E-state index contributed by atoms with van der Waals surface area (Å²) in [5.41, 5.74) is 0. The Balaban J connectivity index is 3.54. The lowest BCUT2D eigenvalue weighted by Crippen LogP contribution is -2.43. The standard InChI is InChI=1S/C32H63NO4/c1-6-7-8-9-10-11-12-13-14-15-18-21-24-29(2)25-22-19-16-17-20-23-26-32(36)37-30(27-31(34)35)28-33(3,4)5/h29-30H,6-28H2,1-5H3/p+1. The number of carboxylic acid groups (broad SMARTS) is 1. The van der Waals surface area contributed by atoms with Gasteiger partial charge in [-0.1, -0.05) is 136 Å². The molecule has 0 aliphatic rings. The molecule has 0 fully saturated rings. The molecule has 0 saturated heterocycles. The Morgan fingerprint density at radius 1 is 0.676 bits per heavy atom. The Morgan fingerprint density at radius 3 is 1.49 bits per heavy atom. The highest BCUT2D eigenvalue weighted by atomic mass is 16.5. The van der Waals surface area contributed by atoms with Crippen LogP contribution in [-0.4, -0.2) is 55.3 Å². The summed E-state index contributed by atoms with van der Waals surface area (Å²) in [4.78, 5) is 23.2. The molecule has 0 rings (SSSR count). The van der Waals surface area contributed by atoms with Crippen LogP contribution in [0.5, 0.6) is 0 Å². The number of carboxylic acids is 1. The van der Waals surface area contributed by atoms with E-state index in [2.05, 4.69) is 13.8 Å². The Hall–Kier alpha value is -1.10. The number of hydrogen-bond donors (Lipinski definition) is 1. The zero-order valence-corrected chi connectivity index (χ0v) is 25.5. The second-order valence-corrected chi connectivity index (χ2v) is 12.6. The molecule has 0 heterocycles. The van der Waals surface area contributed by atoms with Gasteiger partial charge in [0.05, 0.1) is 27.6 Å². The van der Waals surface area contributed by atoms with Gasteiger partial charge in [-0.15, -0.1) is 0 Å². The molecule has 0 aliphatic heterocycles. The predicted molar refractivity (Wildman–Crippen MR) is 157 cm³/mol. The molecule has 0 aromatic carbocycles. The minimum Gasteiger partial charge on any atom is -0.481 e. The van der Waals surface area contributed by atoms with Crippen LogP contribution in [0.3, 0.4) is 0 Å². The first-order chi connectivity index (χ1) is 17.6. The number of esters is 1. The average molecular weight is 527 g/mol. The Bertz CT molecular complexity index is 543. The molecule has 0 aromatic heterocycles. The minimum absolute atomic E-state index is 0.126. The lowest BCUT2D eigenvalue weighted by atomic mass is 9.95. The van der Waals surface area contributed by atoms with E-state index < -0.39 is 12.1 Å². The summed E-state index contributed by atoms with van der Waals surface area (Å²) in [7, 11) is 5.92. The lowest BCUT2D eigenvalue weighted by Gasteiger charge is -2.28. The molecule has 0 saturated carbocycles. The maximum absolute atomic E-state index is 12.1. The summed E-state index contributed by atoms with van der Waals surface area (Å²) in [5.74, 6) is -0.329. The fourth-order valence-corrected chi connectivity index (χ4v) is 5.14. The van der Waals surface area contributed by atoms with Gasteiger partial charge >= 0.3 is 11.9 Å². The number of carbonyl (C=O) groups excluding carboxylic acids is 1. The second kappa shape index (κ2) is 24.0. The Kier molecular flexibility index (Phi) is 23.3. The van der Waals surface area contributed by atoms with Gasteiger partial charge in [0.15, 0.2) is 6.10 Å². The molecule has 2 atom stereocenters. The summed E-state index contributed by atoms with van der Waals surface area (Å²) in [6, 6.07) is 0. The van der Waals surface area contributed by atoms with Crippen LogP contribution in [-0.2, 0) is 14.3 Å². The molecule has 0 bridgehead atoms. The smallest absolute Gasteiger partial charge is 0.307 e. The van der Waals surface area contributed by atoms with Crippen LogP contribution in [0.1, 0.15) is 155 Å². The van der Waals surface area contributed by atoms with Crippen molar-refractivity contribution in [3.05, 3.63) is 0 Å². The molecule has 0 spiro atoms. The molecular formula is C32H64NO4+. The summed E-state index contributed by atoms with van der Waals surface area (Å²) in [5, 5.41) is 9.07. The van der Waals surface area contributed by atoms with Crippen molar-refractivity contribution < 1.29 is 23.9 Å². The molecule has 2 unspecified atom stereocenters. The number of unbranched alkanes of at least 4 members (excludes halogenated alkanes) is 16. The van der Waals surface area contributed by atoms with Crippen molar-refractivity contribution in [3.8, 4) is 0 Å². The SMILES string of the molecule is CCCCCCCCCCCCCCC(C)CCCCCCCCC(=O)OC(CC(=O)O)C[N+](C)(C)C. The van der Waals surface area contributed by atoms with Crippen LogP contribution in [0, 0.1) is 5.92 Å². The van der Waals surface area contributed by atoms with Gasteiger partial charge in [0.25, 0.3) is 0 Å². The third-order valence-corrected chi connectivity index (χ3v) is 7.33. The van der Waals surface area contributed by atoms with E-state index in [9.17, 15) is 9.59 Å². The molecule has 220 valence electrons. The quantitative estimate of drug-likeness (QED) is 0.0659. The monoisotopic (exact) mass is 526 g/mol. The molecule has 5 heteroatoms. The fraction of sp³-hybridized carbons (Fsp3) is 0.938. The minimum atomic E-state index is -0.922. The van der Waals surface area contributed by atoms with Crippen LogP contribution in [0.25, 0.3) is 0 Å². The second-order valence-electron chi connectivity index (χ2n) is 12.6. The first-order valence-electron chi connectivity index (χ1n) is 15.9. The number of hydrogen-bond acceptors (Lipinski definition) is 3. The predicted octanol–water partition coefficient (Wildman–Crippen LogP) is 8.93. The van der Waals surface area contributed by atoms with E-state index in [0.717, 1.165) is 25.2 Å². The fourth-order valence-electron chi connectivity index (χ4n) is 5.14. The van der Waals surface area contributed by atoms with Crippen LogP contribution in [0.4, 0.5) is 0 Å². The van der Waals surface area contributed by atoms with Crippen LogP contribution in [0.2, 0.25) is 0 Å². The normalized spacial score (nSPS) is 13.4. The molecule has 37 heavy (non-hydrogen) atoms. The van der Waals surface area contributed by atoms with Gasteiger partial charge in [-0.25, -0.2) is 0 Å². The van der Waals surface area contributed by atoms with Crippen molar-refractivity contribution in [2.75, 3.05) is 27.7 Å². The molecule has 0 aromatic rings. The van der Waals surface area contributed by atoms with Crippen molar-refractivity contribution in [3.63, 3.8) is 0 Å². The van der Waals surface area contributed by atoms with E-state index in [1.165, 1.54) is 109 Å². The van der Waals surface area contributed by atoms with Crippen molar-refractivity contribution in [2.24, 2.45) is 5.92 Å². The van der Waals surface area contributed by atoms with Gasteiger partial charge in [0.1, 0.15) is 6.54 Å². The molecule has 0 amide bonds. The topological polar surface area (TPSA) is 63.6 Å². The molecule has 1 N–H and O–H groups in total. The summed E-state index contributed by atoms with van der Waals surface area (Å²) < 4.78 is 6.03. The van der Waals surface area contributed by atoms with Crippen LogP contribution < -0.4 is 0 Å². The number of ether oxygens (including phenoxy) is 1. The van der Waals surface area contributed by atoms with E-state index in [4.69, 9.17) is 9.84 Å². The first kappa shape index (κ1) is 35.9. The molecule has 0 aliphatic carbocycles. The average Bonchev–Trinajstić information content (AvgIpc) is 2.79. The number of quaternary nitrogens is 1. The Morgan fingerprint density at radius 2 is 1.08 bits per heavy atom. The largest absolute Gasteiger partial charge is 0.481 e. The van der Waals surface area contributed by atoms with Gasteiger partial charge in [-0.2, -0.15) is 0 Å². The number of nitrogens with zero attached hydrogens (tertiary/aromatic N) is 1. The summed E-state index contributed by atoms with van der Waals surface area (Å²) in [6.45, 7) is 5.21. The van der Waals surface area contributed by atoms with Gasteiger partial charge in [-0.05, 0) is 12.3 Å². The summed E-state index contributed by atoms with van der Waals surface area (Å²) >= 11 is 0. The van der Waals surface area contributed by atoms with Crippen molar-refractivity contribution >= 4 is 11.9 Å². The number of carbonyl (C=O) groups is 2. The van der Waals surface area contributed by atoms with Gasteiger partial charge in [0.2, 0.25) is 0 Å². The molecular weight excluding hydrogens is 462 g/mol.